The molecule has 2 rings (SSSR count). The SMILES string of the molecule is CCN(CC)c1ccc(NS(=O)(=O)c2cc(C)c(C)cc2OC)c(C)c1. The fraction of sp³-hybridized carbons (Fsp3) is 0.400. The summed E-state index contributed by atoms with van der Waals surface area (Å²) in [6.45, 7) is 11.7. The van der Waals surface area contributed by atoms with Gasteiger partial charge in [0.05, 0.1) is 12.8 Å². The number of anilines is 2. The van der Waals surface area contributed by atoms with Gasteiger partial charge in [-0.25, -0.2) is 8.42 Å². The van der Waals surface area contributed by atoms with Crippen LogP contribution in [0.15, 0.2) is 35.2 Å². The van der Waals surface area contributed by atoms with Gasteiger partial charge in [-0.05, 0) is 81.6 Å². The Bertz CT molecular complexity index is 888. The van der Waals surface area contributed by atoms with Crippen molar-refractivity contribution in [1.82, 2.24) is 0 Å². The largest absolute Gasteiger partial charge is 0.495 e. The monoisotopic (exact) mass is 376 g/mol. The van der Waals surface area contributed by atoms with Crippen LogP contribution in [-0.2, 0) is 10.0 Å². The molecule has 2 aromatic carbocycles. The zero-order valence-electron chi connectivity index (χ0n) is 16.4. The molecule has 0 aliphatic carbocycles. The summed E-state index contributed by atoms with van der Waals surface area (Å²) >= 11 is 0. The van der Waals surface area contributed by atoms with Crippen molar-refractivity contribution in [3.63, 3.8) is 0 Å². The van der Waals surface area contributed by atoms with Crippen LogP contribution in [-0.4, -0.2) is 28.6 Å². The van der Waals surface area contributed by atoms with Crippen LogP contribution in [0, 0.1) is 20.8 Å². The molecule has 0 aliphatic heterocycles. The van der Waals surface area contributed by atoms with Crippen LogP contribution in [0.25, 0.3) is 0 Å². The van der Waals surface area contributed by atoms with Crippen LogP contribution in [0.5, 0.6) is 5.75 Å². The number of methoxy groups -OCH3 is 1. The van der Waals surface area contributed by atoms with Gasteiger partial charge in [-0.2, -0.15) is 0 Å². The Hall–Kier alpha value is -2.21. The van der Waals surface area contributed by atoms with Gasteiger partial charge >= 0.3 is 0 Å². The number of nitrogens with zero attached hydrogens (tertiary/aromatic N) is 1. The third-order valence-electron chi connectivity index (χ3n) is 4.65. The van der Waals surface area contributed by atoms with Crippen molar-refractivity contribution in [2.75, 3.05) is 29.8 Å². The van der Waals surface area contributed by atoms with E-state index >= 15 is 0 Å². The predicted octanol–water partition coefficient (Wildman–Crippen LogP) is 4.27. The number of hydrogen-bond donors (Lipinski definition) is 1. The van der Waals surface area contributed by atoms with E-state index < -0.39 is 10.0 Å². The molecule has 0 amide bonds. The summed E-state index contributed by atoms with van der Waals surface area (Å²) in [5.41, 5.74) is 4.42. The van der Waals surface area contributed by atoms with Gasteiger partial charge in [-0.3, -0.25) is 4.72 Å². The number of rotatable bonds is 7. The molecule has 0 bridgehead atoms. The van der Waals surface area contributed by atoms with Gasteiger partial charge in [-0.15, -0.1) is 0 Å². The predicted molar refractivity (Wildman–Crippen MR) is 108 cm³/mol. The lowest BCUT2D eigenvalue weighted by Gasteiger charge is -2.22. The lowest BCUT2D eigenvalue weighted by Crippen LogP contribution is -2.22. The van der Waals surface area contributed by atoms with E-state index in [0.717, 1.165) is 35.5 Å². The molecule has 0 atom stereocenters. The second-order valence-corrected chi connectivity index (χ2v) is 8.02. The molecule has 0 saturated heterocycles. The van der Waals surface area contributed by atoms with Gasteiger partial charge in [0.2, 0.25) is 0 Å². The smallest absolute Gasteiger partial charge is 0.265 e. The molecule has 0 unspecified atom stereocenters. The number of hydrogen-bond acceptors (Lipinski definition) is 4. The van der Waals surface area contributed by atoms with Crippen LogP contribution in [0.4, 0.5) is 11.4 Å². The zero-order valence-corrected chi connectivity index (χ0v) is 17.2. The first-order valence-electron chi connectivity index (χ1n) is 8.77. The van der Waals surface area contributed by atoms with E-state index in [1.54, 1.807) is 12.1 Å². The number of ether oxygens (including phenoxy) is 1. The number of aryl methyl sites for hydroxylation is 3. The van der Waals surface area contributed by atoms with Gasteiger partial charge in [0.15, 0.2) is 0 Å². The van der Waals surface area contributed by atoms with Crippen molar-refractivity contribution in [3.05, 3.63) is 47.0 Å². The minimum Gasteiger partial charge on any atom is -0.495 e. The van der Waals surface area contributed by atoms with Crippen molar-refractivity contribution in [3.8, 4) is 5.75 Å². The van der Waals surface area contributed by atoms with Gasteiger partial charge in [0, 0.05) is 18.8 Å². The van der Waals surface area contributed by atoms with Crippen LogP contribution in [0.1, 0.15) is 30.5 Å². The third kappa shape index (κ3) is 4.12. The molecular formula is C20H28N2O3S. The molecule has 0 aliphatic rings. The fourth-order valence-electron chi connectivity index (χ4n) is 2.88. The van der Waals surface area contributed by atoms with Crippen LogP contribution in [0.3, 0.4) is 0 Å². The zero-order chi connectivity index (χ0) is 19.5. The summed E-state index contributed by atoms with van der Waals surface area (Å²) in [4.78, 5) is 2.37. The lowest BCUT2D eigenvalue weighted by atomic mass is 10.1. The molecule has 0 saturated carbocycles. The Morgan fingerprint density at radius 3 is 2.12 bits per heavy atom. The molecule has 26 heavy (non-hydrogen) atoms. The number of nitrogens with one attached hydrogen (secondary N) is 1. The topological polar surface area (TPSA) is 58.6 Å². The summed E-state index contributed by atoms with van der Waals surface area (Å²) in [6, 6.07) is 9.16. The first-order chi connectivity index (χ1) is 12.2. The second-order valence-electron chi connectivity index (χ2n) is 6.36. The molecule has 0 radical (unpaired) electrons. The third-order valence-corrected chi connectivity index (χ3v) is 6.04. The van der Waals surface area contributed by atoms with Crippen LogP contribution < -0.4 is 14.4 Å². The highest BCUT2D eigenvalue weighted by Crippen LogP contribution is 2.30. The Kier molecular flexibility index (Phi) is 6.18. The van der Waals surface area contributed by atoms with Crippen LogP contribution >= 0.6 is 0 Å². The number of benzene rings is 2. The van der Waals surface area contributed by atoms with E-state index in [1.165, 1.54) is 7.11 Å². The molecular weight excluding hydrogens is 348 g/mol. The van der Waals surface area contributed by atoms with E-state index in [9.17, 15) is 8.42 Å². The minimum atomic E-state index is -3.75. The highest BCUT2D eigenvalue weighted by atomic mass is 32.2. The molecule has 142 valence electrons. The maximum Gasteiger partial charge on any atom is 0.265 e. The van der Waals surface area contributed by atoms with Gasteiger partial charge in [0.25, 0.3) is 10.0 Å². The first-order valence-corrected chi connectivity index (χ1v) is 10.3. The molecule has 0 fully saturated rings. The molecule has 6 heteroatoms. The molecule has 1 N–H and O–H groups in total. The van der Waals surface area contributed by atoms with E-state index in [0.29, 0.717) is 11.4 Å². The van der Waals surface area contributed by atoms with Crippen molar-refractivity contribution in [1.29, 1.82) is 0 Å². The van der Waals surface area contributed by atoms with E-state index in [-0.39, 0.29) is 4.90 Å². The van der Waals surface area contributed by atoms with Crippen molar-refractivity contribution < 1.29 is 13.2 Å². The Morgan fingerprint density at radius 1 is 0.962 bits per heavy atom. The van der Waals surface area contributed by atoms with Gasteiger partial charge < -0.3 is 9.64 Å². The van der Waals surface area contributed by atoms with Gasteiger partial charge in [-0.1, -0.05) is 0 Å². The summed E-state index contributed by atoms with van der Waals surface area (Å²) in [5, 5.41) is 0. The average Bonchev–Trinajstić information content (AvgIpc) is 2.60. The Morgan fingerprint density at radius 2 is 1.58 bits per heavy atom. The highest BCUT2D eigenvalue weighted by Gasteiger charge is 2.21. The minimum absolute atomic E-state index is 0.148. The first kappa shape index (κ1) is 20.1. The summed E-state index contributed by atoms with van der Waals surface area (Å²) in [5.74, 6) is 0.345. The second kappa shape index (κ2) is 7.99. The normalized spacial score (nSPS) is 11.3. The van der Waals surface area contributed by atoms with E-state index in [4.69, 9.17) is 4.74 Å². The highest BCUT2D eigenvalue weighted by molar-refractivity contribution is 7.92. The van der Waals surface area contributed by atoms with Crippen molar-refractivity contribution in [2.45, 2.75) is 39.5 Å². The molecule has 2 aromatic rings. The quantitative estimate of drug-likeness (QED) is 0.784. The molecule has 0 heterocycles. The standard InChI is InChI=1S/C20H28N2O3S/c1-7-22(8-2)17-9-10-18(16(5)11-17)21-26(23,24)20-13-15(4)14(3)12-19(20)25-6/h9-13,21H,7-8H2,1-6H3. The summed E-state index contributed by atoms with van der Waals surface area (Å²) in [6.07, 6.45) is 0. The fourth-order valence-corrected chi connectivity index (χ4v) is 4.25. The number of sulfonamides is 1. The van der Waals surface area contributed by atoms with Crippen molar-refractivity contribution >= 4 is 21.4 Å². The van der Waals surface area contributed by atoms with Crippen molar-refractivity contribution in [2.24, 2.45) is 0 Å². The van der Waals surface area contributed by atoms with E-state index in [1.807, 2.05) is 39.0 Å². The van der Waals surface area contributed by atoms with E-state index in [2.05, 4.69) is 23.5 Å². The average molecular weight is 377 g/mol. The Balaban J connectivity index is 2.40. The molecule has 0 spiro atoms. The lowest BCUT2D eigenvalue weighted by molar-refractivity contribution is 0.402. The maximum atomic E-state index is 12.9. The molecule has 5 nitrogen and oxygen atoms in total. The van der Waals surface area contributed by atoms with Crippen LogP contribution in [0.2, 0.25) is 0 Å². The summed E-state index contributed by atoms with van der Waals surface area (Å²) < 4.78 is 33.8. The maximum absolute atomic E-state index is 12.9. The summed E-state index contributed by atoms with van der Waals surface area (Å²) in [7, 11) is -2.27. The van der Waals surface area contributed by atoms with Gasteiger partial charge in [0.1, 0.15) is 10.6 Å². The Labute approximate surface area is 157 Å². The molecule has 0 aromatic heterocycles.